The van der Waals surface area contributed by atoms with E-state index in [0.717, 1.165) is 37.6 Å². The minimum Gasteiger partial charge on any atom is -0.478 e. The van der Waals surface area contributed by atoms with Gasteiger partial charge in [0.2, 0.25) is 5.88 Å². The van der Waals surface area contributed by atoms with Crippen LogP contribution in [0.4, 0.5) is 5.82 Å². The summed E-state index contributed by atoms with van der Waals surface area (Å²) in [5.41, 5.74) is 5.70. The van der Waals surface area contributed by atoms with Crippen molar-refractivity contribution in [1.29, 1.82) is 0 Å². The molecule has 4 nitrogen and oxygen atoms in total. The average Bonchev–Trinajstić information content (AvgIpc) is 3.01. The van der Waals surface area contributed by atoms with Gasteiger partial charge in [-0.1, -0.05) is 19.8 Å². The van der Waals surface area contributed by atoms with Crippen molar-refractivity contribution in [2.24, 2.45) is 5.92 Å². The maximum Gasteiger partial charge on any atom is 0.218 e. The minimum absolute atomic E-state index is 0.500. The van der Waals surface area contributed by atoms with Gasteiger partial charge < -0.3 is 10.5 Å². The molecule has 16 heavy (non-hydrogen) atoms. The van der Waals surface area contributed by atoms with Crippen LogP contribution in [-0.4, -0.2) is 16.6 Å². The summed E-state index contributed by atoms with van der Waals surface area (Å²) in [5, 5.41) is 0. The van der Waals surface area contributed by atoms with Gasteiger partial charge in [0.15, 0.2) is 0 Å². The maximum absolute atomic E-state index is 5.70. The van der Waals surface area contributed by atoms with E-state index in [9.17, 15) is 0 Å². The van der Waals surface area contributed by atoms with Crippen molar-refractivity contribution in [1.82, 2.24) is 9.97 Å². The summed E-state index contributed by atoms with van der Waals surface area (Å²) in [5.74, 6) is 2.79. The lowest BCUT2D eigenvalue weighted by Crippen LogP contribution is -2.05. The Balaban J connectivity index is 1.90. The number of rotatable bonds is 6. The molecule has 1 heterocycles. The Hall–Kier alpha value is -1.32. The van der Waals surface area contributed by atoms with E-state index in [1.54, 1.807) is 6.07 Å². The summed E-state index contributed by atoms with van der Waals surface area (Å²) in [6.45, 7) is 2.84. The number of nitrogens with zero attached hydrogens (tertiary/aromatic N) is 2. The Labute approximate surface area is 96.2 Å². The van der Waals surface area contributed by atoms with Crippen molar-refractivity contribution in [2.45, 2.75) is 39.0 Å². The van der Waals surface area contributed by atoms with Crippen LogP contribution in [0.25, 0.3) is 0 Å². The molecule has 0 saturated heterocycles. The number of nitrogen functional groups attached to an aromatic ring is 1. The molecule has 1 aliphatic carbocycles. The third-order valence-corrected chi connectivity index (χ3v) is 2.72. The van der Waals surface area contributed by atoms with E-state index >= 15 is 0 Å². The first kappa shape index (κ1) is 11.2. The van der Waals surface area contributed by atoms with E-state index in [-0.39, 0.29) is 0 Å². The normalized spacial score (nSPS) is 15.1. The van der Waals surface area contributed by atoms with Crippen molar-refractivity contribution < 1.29 is 4.74 Å². The molecular weight excluding hydrogens is 202 g/mol. The van der Waals surface area contributed by atoms with Crippen LogP contribution in [0.15, 0.2) is 6.07 Å². The molecule has 0 spiro atoms. The van der Waals surface area contributed by atoms with Crippen LogP contribution in [-0.2, 0) is 6.42 Å². The highest BCUT2D eigenvalue weighted by atomic mass is 16.5. The van der Waals surface area contributed by atoms with Gasteiger partial charge in [0.1, 0.15) is 11.6 Å². The van der Waals surface area contributed by atoms with Crippen molar-refractivity contribution in [2.75, 3.05) is 12.3 Å². The van der Waals surface area contributed by atoms with Gasteiger partial charge in [-0.3, -0.25) is 0 Å². The monoisotopic (exact) mass is 221 g/mol. The van der Waals surface area contributed by atoms with Gasteiger partial charge in [-0.15, -0.1) is 0 Å². The Morgan fingerprint density at radius 3 is 2.94 bits per heavy atom. The molecule has 1 fully saturated rings. The summed E-state index contributed by atoms with van der Waals surface area (Å²) in [4.78, 5) is 8.49. The fourth-order valence-electron chi connectivity index (χ4n) is 1.64. The van der Waals surface area contributed by atoms with E-state index in [0.29, 0.717) is 11.7 Å². The highest BCUT2D eigenvalue weighted by molar-refractivity contribution is 5.32. The molecule has 0 unspecified atom stereocenters. The third kappa shape index (κ3) is 3.36. The van der Waals surface area contributed by atoms with Crippen LogP contribution in [0.2, 0.25) is 0 Å². The molecule has 1 aliphatic rings. The van der Waals surface area contributed by atoms with Gasteiger partial charge in [0, 0.05) is 12.5 Å². The Kier molecular flexibility index (Phi) is 3.59. The molecular formula is C12H19N3O. The fraction of sp³-hybridized carbons (Fsp3) is 0.667. The summed E-state index contributed by atoms with van der Waals surface area (Å²) < 4.78 is 5.59. The lowest BCUT2D eigenvalue weighted by Gasteiger charge is -2.07. The molecule has 0 radical (unpaired) electrons. The molecule has 2 N–H and O–H groups in total. The second kappa shape index (κ2) is 5.14. The molecule has 0 aromatic carbocycles. The Bertz CT molecular complexity index is 350. The zero-order valence-corrected chi connectivity index (χ0v) is 9.78. The van der Waals surface area contributed by atoms with Crippen molar-refractivity contribution >= 4 is 5.82 Å². The number of hydrogen-bond donors (Lipinski definition) is 1. The summed E-state index contributed by atoms with van der Waals surface area (Å²) in [6, 6.07) is 1.70. The number of aryl methyl sites for hydroxylation is 1. The smallest absolute Gasteiger partial charge is 0.218 e. The fourth-order valence-corrected chi connectivity index (χ4v) is 1.64. The third-order valence-electron chi connectivity index (χ3n) is 2.72. The van der Waals surface area contributed by atoms with Crippen molar-refractivity contribution in [3.8, 4) is 5.88 Å². The number of hydrogen-bond acceptors (Lipinski definition) is 4. The second-order valence-corrected chi connectivity index (χ2v) is 4.38. The lowest BCUT2D eigenvalue weighted by atomic mass is 10.3. The highest BCUT2D eigenvalue weighted by Gasteiger charge is 2.20. The molecule has 0 amide bonds. The summed E-state index contributed by atoms with van der Waals surface area (Å²) >= 11 is 0. The first-order valence-corrected chi connectivity index (χ1v) is 6.04. The predicted octanol–water partition coefficient (Wildman–Crippen LogP) is 2.19. The average molecular weight is 221 g/mol. The molecule has 4 heteroatoms. The molecule has 88 valence electrons. The molecule has 0 bridgehead atoms. The molecule has 1 aromatic rings. The largest absolute Gasteiger partial charge is 0.478 e. The van der Waals surface area contributed by atoms with E-state index in [4.69, 9.17) is 10.5 Å². The molecule has 1 saturated carbocycles. The number of nitrogens with two attached hydrogens (primary N) is 1. The van der Waals surface area contributed by atoms with Gasteiger partial charge in [0.25, 0.3) is 0 Å². The maximum atomic E-state index is 5.70. The van der Waals surface area contributed by atoms with E-state index in [1.165, 1.54) is 12.8 Å². The van der Waals surface area contributed by atoms with Gasteiger partial charge in [0.05, 0.1) is 6.61 Å². The zero-order chi connectivity index (χ0) is 11.4. The molecule has 0 aliphatic heterocycles. The first-order chi connectivity index (χ1) is 7.78. The molecule has 2 rings (SSSR count). The van der Waals surface area contributed by atoms with Crippen LogP contribution < -0.4 is 10.5 Å². The quantitative estimate of drug-likeness (QED) is 0.800. The van der Waals surface area contributed by atoms with E-state index < -0.39 is 0 Å². The van der Waals surface area contributed by atoms with Crippen LogP contribution in [0.1, 0.15) is 38.4 Å². The van der Waals surface area contributed by atoms with Crippen LogP contribution in [0, 0.1) is 5.92 Å². The molecule has 1 aromatic heterocycles. The van der Waals surface area contributed by atoms with Crippen molar-refractivity contribution in [3.05, 3.63) is 11.9 Å². The van der Waals surface area contributed by atoms with Gasteiger partial charge in [-0.05, 0) is 18.8 Å². The SMILES string of the molecule is CCCc1nc(N)cc(OCCC2CC2)n1. The highest BCUT2D eigenvalue weighted by Crippen LogP contribution is 2.32. The minimum atomic E-state index is 0.500. The Morgan fingerprint density at radius 2 is 2.25 bits per heavy atom. The molecule has 0 atom stereocenters. The number of anilines is 1. The van der Waals surface area contributed by atoms with Gasteiger partial charge in [-0.25, -0.2) is 4.98 Å². The standard InChI is InChI=1S/C12H19N3O/c1-2-3-11-14-10(13)8-12(15-11)16-7-6-9-4-5-9/h8-9H,2-7H2,1H3,(H2,13,14,15). The van der Waals surface area contributed by atoms with Gasteiger partial charge in [-0.2, -0.15) is 4.98 Å². The number of ether oxygens (including phenoxy) is 1. The topological polar surface area (TPSA) is 61.0 Å². The summed E-state index contributed by atoms with van der Waals surface area (Å²) in [7, 11) is 0. The van der Waals surface area contributed by atoms with Crippen LogP contribution in [0.5, 0.6) is 5.88 Å². The van der Waals surface area contributed by atoms with Gasteiger partial charge >= 0.3 is 0 Å². The van der Waals surface area contributed by atoms with Crippen LogP contribution >= 0.6 is 0 Å². The zero-order valence-electron chi connectivity index (χ0n) is 9.78. The number of aromatic nitrogens is 2. The van der Waals surface area contributed by atoms with Crippen molar-refractivity contribution in [3.63, 3.8) is 0 Å². The van der Waals surface area contributed by atoms with E-state index in [1.807, 2.05) is 0 Å². The van der Waals surface area contributed by atoms with E-state index in [2.05, 4.69) is 16.9 Å². The second-order valence-electron chi connectivity index (χ2n) is 4.38. The van der Waals surface area contributed by atoms with Crippen LogP contribution in [0.3, 0.4) is 0 Å². The Morgan fingerprint density at radius 1 is 1.44 bits per heavy atom. The predicted molar refractivity (Wildman–Crippen MR) is 63.3 cm³/mol. The first-order valence-electron chi connectivity index (χ1n) is 6.04. The lowest BCUT2D eigenvalue weighted by molar-refractivity contribution is 0.290. The summed E-state index contributed by atoms with van der Waals surface area (Å²) in [6.07, 6.45) is 5.72.